The molecule has 0 saturated carbocycles. The number of furan rings is 1. The maximum absolute atomic E-state index is 12.1. The molecule has 1 aromatic rings. The Morgan fingerprint density at radius 3 is 2.32 bits per heavy atom. The highest BCUT2D eigenvalue weighted by atomic mass is 16.4. The van der Waals surface area contributed by atoms with E-state index < -0.39 is 5.97 Å². The van der Waals surface area contributed by atoms with Crippen molar-refractivity contribution in [1.82, 2.24) is 9.80 Å². The number of hydrogen-bond acceptors (Lipinski definition) is 4. The van der Waals surface area contributed by atoms with Crippen LogP contribution in [0.1, 0.15) is 34.0 Å². The van der Waals surface area contributed by atoms with Crippen LogP contribution < -0.4 is 0 Å². The maximum Gasteiger partial charge on any atom is 0.371 e. The molecule has 1 amide bonds. The van der Waals surface area contributed by atoms with Gasteiger partial charge >= 0.3 is 5.97 Å². The van der Waals surface area contributed by atoms with Gasteiger partial charge in [0.1, 0.15) is 0 Å². The Morgan fingerprint density at radius 2 is 1.84 bits per heavy atom. The molecule has 1 aromatic heterocycles. The molecule has 0 aliphatic carbocycles. The van der Waals surface area contributed by atoms with Gasteiger partial charge in [0.2, 0.25) is 5.76 Å². The van der Waals surface area contributed by atoms with E-state index in [1.165, 1.54) is 12.1 Å². The summed E-state index contributed by atoms with van der Waals surface area (Å²) in [6.45, 7) is 1.34. The fourth-order valence-corrected chi connectivity index (χ4v) is 2.31. The van der Waals surface area contributed by atoms with E-state index in [4.69, 9.17) is 9.52 Å². The van der Waals surface area contributed by atoms with Gasteiger partial charge in [-0.25, -0.2) is 4.79 Å². The lowest BCUT2D eigenvalue weighted by molar-refractivity contribution is 0.0613. The zero-order valence-electron chi connectivity index (χ0n) is 11.1. The number of carbonyl (C=O) groups excluding carboxylic acids is 1. The highest BCUT2D eigenvalue weighted by Gasteiger charge is 2.26. The van der Waals surface area contributed by atoms with Gasteiger partial charge in [-0.1, -0.05) is 0 Å². The summed E-state index contributed by atoms with van der Waals surface area (Å²) in [5.74, 6) is -1.50. The van der Waals surface area contributed by atoms with Crippen molar-refractivity contribution in [3.63, 3.8) is 0 Å². The lowest BCUT2D eigenvalue weighted by atomic mass is 10.0. The molecule has 6 heteroatoms. The average Bonchev–Trinajstić information content (AvgIpc) is 2.87. The molecule has 2 heterocycles. The molecule has 6 nitrogen and oxygen atoms in total. The predicted octanol–water partition coefficient (Wildman–Crippen LogP) is 1.14. The zero-order valence-corrected chi connectivity index (χ0v) is 11.1. The van der Waals surface area contributed by atoms with E-state index in [9.17, 15) is 9.59 Å². The fraction of sp³-hybridized carbons (Fsp3) is 0.538. The highest BCUT2D eigenvalue weighted by Crippen LogP contribution is 2.18. The second-order valence-electron chi connectivity index (χ2n) is 4.96. The Bertz CT molecular complexity index is 473. The molecule has 1 N–H and O–H groups in total. The molecule has 1 saturated heterocycles. The van der Waals surface area contributed by atoms with Gasteiger partial charge in [0, 0.05) is 19.1 Å². The molecule has 0 aromatic carbocycles. The maximum atomic E-state index is 12.1. The van der Waals surface area contributed by atoms with Crippen molar-refractivity contribution in [3.05, 3.63) is 23.7 Å². The number of aromatic carboxylic acids is 1. The quantitative estimate of drug-likeness (QED) is 0.888. The standard InChI is InChI=1S/C13H18N2O4/c1-14(2)9-5-7-15(8-6-9)12(16)10-3-4-11(19-10)13(17)18/h3-4,9H,5-8H2,1-2H3,(H,17,18). The van der Waals surface area contributed by atoms with Crippen molar-refractivity contribution in [2.75, 3.05) is 27.2 Å². The number of piperidine rings is 1. The molecule has 0 atom stereocenters. The summed E-state index contributed by atoms with van der Waals surface area (Å²) in [6.07, 6.45) is 1.84. The monoisotopic (exact) mass is 266 g/mol. The van der Waals surface area contributed by atoms with Gasteiger partial charge in [0.05, 0.1) is 0 Å². The Balaban J connectivity index is 1.99. The Kier molecular flexibility index (Phi) is 3.90. The number of carboxylic acids is 1. The van der Waals surface area contributed by atoms with Crippen LogP contribution >= 0.6 is 0 Å². The number of nitrogens with zero attached hydrogens (tertiary/aromatic N) is 2. The van der Waals surface area contributed by atoms with Crippen molar-refractivity contribution in [2.24, 2.45) is 0 Å². The van der Waals surface area contributed by atoms with Crippen LogP contribution in [0.15, 0.2) is 16.5 Å². The summed E-state index contributed by atoms with van der Waals surface area (Å²) in [5.41, 5.74) is 0. The molecule has 0 radical (unpaired) electrons. The molecule has 1 aliphatic rings. The second kappa shape index (κ2) is 5.44. The largest absolute Gasteiger partial charge is 0.475 e. The third-order valence-corrected chi connectivity index (χ3v) is 3.51. The van der Waals surface area contributed by atoms with Crippen LogP contribution in [0.25, 0.3) is 0 Å². The Labute approximate surface area is 111 Å². The molecular formula is C13H18N2O4. The Hall–Kier alpha value is -1.82. The van der Waals surface area contributed by atoms with E-state index >= 15 is 0 Å². The van der Waals surface area contributed by atoms with E-state index in [-0.39, 0.29) is 17.4 Å². The van der Waals surface area contributed by atoms with Gasteiger partial charge < -0.3 is 19.3 Å². The first-order valence-corrected chi connectivity index (χ1v) is 6.28. The van der Waals surface area contributed by atoms with Crippen LogP contribution in [-0.4, -0.2) is 60.0 Å². The molecule has 0 spiro atoms. The molecule has 19 heavy (non-hydrogen) atoms. The molecular weight excluding hydrogens is 248 g/mol. The van der Waals surface area contributed by atoms with E-state index in [2.05, 4.69) is 4.90 Å². The van der Waals surface area contributed by atoms with Crippen LogP contribution in [-0.2, 0) is 0 Å². The lowest BCUT2D eigenvalue weighted by Gasteiger charge is -2.34. The number of hydrogen-bond donors (Lipinski definition) is 1. The van der Waals surface area contributed by atoms with Crippen molar-refractivity contribution in [1.29, 1.82) is 0 Å². The van der Waals surface area contributed by atoms with E-state index in [1.54, 1.807) is 4.90 Å². The smallest absolute Gasteiger partial charge is 0.371 e. The van der Waals surface area contributed by atoms with Gasteiger partial charge in [-0.3, -0.25) is 4.79 Å². The summed E-state index contributed by atoms with van der Waals surface area (Å²) in [7, 11) is 4.07. The SMILES string of the molecule is CN(C)C1CCN(C(=O)c2ccc(C(=O)O)o2)CC1. The van der Waals surface area contributed by atoms with E-state index in [1.807, 2.05) is 14.1 Å². The minimum absolute atomic E-state index is 0.0979. The first-order chi connectivity index (χ1) is 8.99. The van der Waals surface area contributed by atoms with E-state index in [0.29, 0.717) is 19.1 Å². The van der Waals surface area contributed by atoms with Crippen molar-refractivity contribution in [2.45, 2.75) is 18.9 Å². The normalized spacial score (nSPS) is 16.9. The average molecular weight is 266 g/mol. The number of carbonyl (C=O) groups is 2. The third-order valence-electron chi connectivity index (χ3n) is 3.51. The summed E-state index contributed by atoms with van der Waals surface area (Å²) < 4.78 is 5.03. The van der Waals surface area contributed by atoms with Gasteiger partial charge in [-0.2, -0.15) is 0 Å². The van der Waals surface area contributed by atoms with Crippen molar-refractivity contribution >= 4 is 11.9 Å². The van der Waals surface area contributed by atoms with E-state index in [0.717, 1.165) is 12.8 Å². The van der Waals surface area contributed by atoms with Crippen LogP contribution in [0.4, 0.5) is 0 Å². The summed E-state index contributed by atoms with van der Waals surface area (Å²) in [6, 6.07) is 3.22. The predicted molar refractivity (Wildman–Crippen MR) is 68.3 cm³/mol. The highest BCUT2D eigenvalue weighted by molar-refractivity contribution is 5.93. The third kappa shape index (κ3) is 2.96. The molecule has 1 aliphatic heterocycles. The first kappa shape index (κ1) is 13.6. The van der Waals surface area contributed by atoms with Gasteiger partial charge in [-0.05, 0) is 39.1 Å². The molecule has 0 unspecified atom stereocenters. The first-order valence-electron chi connectivity index (χ1n) is 6.28. The molecule has 1 fully saturated rings. The molecule has 2 rings (SSSR count). The number of amides is 1. The van der Waals surface area contributed by atoms with Crippen molar-refractivity contribution in [3.8, 4) is 0 Å². The van der Waals surface area contributed by atoms with Gasteiger partial charge in [-0.15, -0.1) is 0 Å². The Morgan fingerprint density at radius 1 is 1.26 bits per heavy atom. The molecule has 0 bridgehead atoms. The molecule has 104 valence electrons. The summed E-state index contributed by atoms with van der Waals surface area (Å²) in [5, 5.41) is 8.76. The van der Waals surface area contributed by atoms with Gasteiger partial charge in [0.15, 0.2) is 5.76 Å². The van der Waals surface area contributed by atoms with Crippen LogP contribution in [0.5, 0.6) is 0 Å². The minimum atomic E-state index is -1.16. The van der Waals surface area contributed by atoms with Crippen molar-refractivity contribution < 1.29 is 19.1 Å². The fourth-order valence-electron chi connectivity index (χ4n) is 2.31. The summed E-state index contributed by atoms with van der Waals surface area (Å²) >= 11 is 0. The number of carboxylic acid groups (broad SMARTS) is 1. The number of likely N-dealkylation sites (tertiary alicyclic amines) is 1. The van der Waals surface area contributed by atoms with Crippen LogP contribution in [0.3, 0.4) is 0 Å². The minimum Gasteiger partial charge on any atom is -0.475 e. The number of rotatable bonds is 3. The summed E-state index contributed by atoms with van der Waals surface area (Å²) in [4.78, 5) is 26.7. The zero-order chi connectivity index (χ0) is 14.0. The topological polar surface area (TPSA) is 74.0 Å². The lowest BCUT2D eigenvalue weighted by Crippen LogP contribution is -2.44. The van der Waals surface area contributed by atoms with Crippen LogP contribution in [0.2, 0.25) is 0 Å². The van der Waals surface area contributed by atoms with Crippen LogP contribution in [0, 0.1) is 0 Å². The van der Waals surface area contributed by atoms with Gasteiger partial charge in [0.25, 0.3) is 5.91 Å². The second-order valence-corrected chi connectivity index (χ2v) is 4.96.